The summed E-state index contributed by atoms with van der Waals surface area (Å²) in [4.78, 5) is 0. The van der Waals surface area contributed by atoms with E-state index in [0.717, 1.165) is 33.6 Å². The molecule has 36 heavy (non-hydrogen) atoms. The Morgan fingerprint density at radius 1 is 0.611 bits per heavy atom. The summed E-state index contributed by atoms with van der Waals surface area (Å²) in [5.41, 5.74) is 6.11. The summed E-state index contributed by atoms with van der Waals surface area (Å²) in [7, 11) is 0. The van der Waals surface area contributed by atoms with Crippen molar-refractivity contribution in [3.8, 4) is 39.7 Å². The second kappa shape index (κ2) is 10.3. The summed E-state index contributed by atoms with van der Waals surface area (Å²) >= 11 is 6.07. The summed E-state index contributed by atoms with van der Waals surface area (Å²) < 4.78 is 1.83. The number of nitrogens with zero attached hydrogens (tertiary/aromatic N) is 2. The summed E-state index contributed by atoms with van der Waals surface area (Å²) in [5, 5.41) is 22.3. The van der Waals surface area contributed by atoms with Gasteiger partial charge in [-0.1, -0.05) is 78.3 Å². The second-order valence-electron chi connectivity index (χ2n) is 8.26. The molecule has 3 nitrogen and oxygen atoms in total. The molecule has 0 atom stereocenters. The molecular weight excluding hydrogens is 464 g/mol. The lowest BCUT2D eigenvalue weighted by Crippen LogP contribution is -2.38. The van der Waals surface area contributed by atoms with E-state index >= 15 is 0 Å². The highest BCUT2D eigenvalue weighted by molar-refractivity contribution is 6.30. The van der Waals surface area contributed by atoms with Gasteiger partial charge in [0.2, 0.25) is 17.1 Å². The molecular formula is C32H22ClN2O+. The van der Waals surface area contributed by atoms with E-state index in [4.69, 9.17) is 11.6 Å². The van der Waals surface area contributed by atoms with Crippen molar-refractivity contribution in [2.24, 2.45) is 0 Å². The van der Waals surface area contributed by atoms with Crippen LogP contribution >= 0.6 is 11.6 Å². The fourth-order valence-electron chi connectivity index (χ4n) is 4.23. The number of halogens is 1. The van der Waals surface area contributed by atoms with Gasteiger partial charge in [-0.2, -0.15) is 5.26 Å². The maximum atomic E-state index is 11.3. The lowest BCUT2D eigenvalue weighted by Gasteiger charge is -2.13. The van der Waals surface area contributed by atoms with Crippen LogP contribution in [0.2, 0.25) is 5.02 Å². The van der Waals surface area contributed by atoms with Crippen LogP contribution in [-0.2, 0) is 0 Å². The van der Waals surface area contributed by atoms with Crippen LogP contribution in [0.1, 0.15) is 5.56 Å². The molecule has 1 N–H and O–H groups in total. The van der Waals surface area contributed by atoms with Gasteiger partial charge < -0.3 is 5.11 Å². The molecule has 0 saturated carbocycles. The Morgan fingerprint density at radius 3 is 1.50 bits per heavy atom. The normalized spacial score (nSPS) is 11.4. The number of pyridine rings is 1. The van der Waals surface area contributed by atoms with Crippen molar-refractivity contribution in [1.29, 1.82) is 5.26 Å². The van der Waals surface area contributed by atoms with Gasteiger partial charge in [0.15, 0.2) is 6.07 Å². The first-order valence-electron chi connectivity index (χ1n) is 11.5. The number of benzene rings is 4. The molecule has 0 bridgehead atoms. The molecule has 0 radical (unpaired) electrons. The molecule has 1 aromatic heterocycles. The first kappa shape index (κ1) is 23.1. The van der Waals surface area contributed by atoms with E-state index < -0.39 is 0 Å². The zero-order valence-corrected chi connectivity index (χ0v) is 20.1. The number of aromatic nitrogens is 1. The Hall–Kier alpha value is -4.65. The summed E-state index contributed by atoms with van der Waals surface area (Å²) in [6, 6.07) is 43.1. The molecule has 1 heterocycles. The van der Waals surface area contributed by atoms with E-state index in [1.807, 2.05) is 83.4 Å². The Kier molecular flexibility index (Phi) is 6.62. The molecule has 0 aliphatic carbocycles. The largest absolute Gasteiger partial charge is 0.501 e. The van der Waals surface area contributed by atoms with Gasteiger partial charge in [-0.25, -0.2) is 0 Å². The fourth-order valence-corrected chi connectivity index (χ4v) is 4.36. The van der Waals surface area contributed by atoms with Crippen molar-refractivity contribution in [1.82, 2.24) is 0 Å². The molecule has 172 valence electrons. The minimum Gasteiger partial charge on any atom is -0.501 e. The molecule has 0 amide bonds. The predicted octanol–water partition coefficient (Wildman–Crippen LogP) is 8.04. The van der Waals surface area contributed by atoms with Crippen molar-refractivity contribution in [3.63, 3.8) is 0 Å². The molecule has 5 aromatic rings. The fraction of sp³-hybridized carbons (Fsp3) is 0. The number of hydrogen-bond donors (Lipinski definition) is 1. The van der Waals surface area contributed by atoms with Crippen LogP contribution in [0.5, 0.6) is 0 Å². The highest BCUT2D eigenvalue weighted by Gasteiger charge is 2.30. The SMILES string of the molecule is N#CC(=C(O)c1ccc(Cl)cc1)[n+]1c(-c2ccccc2)cc(-c2ccccc2)cc1-c1ccccc1. The topological polar surface area (TPSA) is 47.9 Å². The Balaban J connectivity index is 1.89. The van der Waals surface area contributed by atoms with Gasteiger partial charge in [0.25, 0.3) is 0 Å². The molecule has 0 aliphatic rings. The van der Waals surface area contributed by atoms with Gasteiger partial charge in [-0.3, -0.25) is 0 Å². The molecule has 0 aliphatic heterocycles. The average Bonchev–Trinajstić information content (AvgIpc) is 2.95. The number of rotatable bonds is 5. The molecule has 0 saturated heterocycles. The summed E-state index contributed by atoms with van der Waals surface area (Å²) in [6.45, 7) is 0. The lowest BCUT2D eigenvalue weighted by molar-refractivity contribution is -0.553. The van der Waals surface area contributed by atoms with Crippen LogP contribution in [0.4, 0.5) is 0 Å². The van der Waals surface area contributed by atoms with Gasteiger partial charge in [-0.05, 0) is 59.7 Å². The smallest absolute Gasteiger partial charge is 0.332 e. The maximum absolute atomic E-state index is 11.3. The summed E-state index contributed by atoms with van der Waals surface area (Å²) in [6.07, 6.45) is 0. The van der Waals surface area contributed by atoms with Crippen molar-refractivity contribution < 1.29 is 9.67 Å². The van der Waals surface area contributed by atoms with Crippen LogP contribution < -0.4 is 4.57 Å². The van der Waals surface area contributed by atoms with Crippen LogP contribution in [0.15, 0.2) is 127 Å². The zero-order chi connectivity index (χ0) is 24.9. The van der Waals surface area contributed by atoms with E-state index in [9.17, 15) is 10.4 Å². The molecule has 0 unspecified atom stereocenters. The molecule has 0 spiro atoms. The third-order valence-corrected chi connectivity index (χ3v) is 6.24. The lowest BCUT2D eigenvalue weighted by atomic mass is 9.98. The van der Waals surface area contributed by atoms with Crippen molar-refractivity contribution in [3.05, 3.63) is 138 Å². The number of nitriles is 1. The minimum absolute atomic E-state index is 0.120. The van der Waals surface area contributed by atoms with E-state index in [1.54, 1.807) is 24.3 Å². The Morgan fingerprint density at radius 2 is 1.06 bits per heavy atom. The number of allylic oxidation sites excluding steroid dienone is 1. The van der Waals surface area contributed by atoms with Crippen LogP contribution in [0.3, 0.4) is 0 Å². The van der Waals surface area contributed by atoms with Crippen molar-refractivity contribution >= 4 is 23.1 Å². The number of hydrogen-bond acceptors (Lipinski definition) is 2. The van der Waals surface area contributed by atoms with E-state index in [0.29, 0.717) is 10.6 Å². The van der Waals surface area contributed by atoms with E-state index in [2.05, 4.69) is 30.3 Å². The minimum atomic E-state index is -0.124. The van der Waals surface area contributed by atoms with Gasteiger partial charge in [0.05, 0.1) is 0 Å². The highest BCUT2D eigenvalue weighted by Crippen LogP contribution is 2.31. The first-order chi connectivity index (χ1) is 17.7. The standard InChI is InChI=1S/C32H21ClN2O/c33-28-18-16-26(17-19-28)32(36)31(22-34)35-29(24-12-6-2-7-13-24)20-27(23-10-4-1-5-11-23)21-30(35)25-14-8-3-9-15-25/h1-21H/p+1. The summed E-state index contributed by atoms with van der Waals surface area (Å²) in [5.74, 6) is -0.124. The molecule has 0 fully saturated rings. The van der Waals surface area contributed by atoms with Crippen LogP contribution in [0.25, 0.3) is 45.1 Å². The third kappa shape index (κ3) is 4.63. The monoisotopic (exact) mass is 485 g/mol. The molecule has 4 aromatic carbocycles. The number of aliphatic hydroxyl groups excluding tert-OH is 1. The van der Waals surface area contributed by atoms with Gasteiger partial charge in [-0.15, -0.1) is 4.57 Å². The second-order valence-corrected chi connectivity index (χ2v) is 8.70. The van der Waals surface area contributed by atoms with Gasteiger partial charge in [0, 0.05) is 33.8 Å². The Labute approximate surface area is 215 Å². The van der Waals surface area contributed by atoms with Crippen molar-refractivity contribution in [2.75, 3.05) is 0 Å². The Bertz CT molecular complexity index is 1510. The average molecular weight is 486 g/mol. The molecule has 5 rings (SSSR count). The van der Waals surface area contributed by atoms with E-state index in [-0.39, 0.29) is 11.5 Å². The quantitative estimate of drug-likeness (QED) is 0.155. The van der Waals surface area contributed by atoms with Crippen LogP contribution in [0, 0.1) is 11.3 Å². The third-order valence-electron chi connectivity index (χ3n) is 5.98. The zero-order valence-electron chi connectivity index (χ0n) is 19.3. The molecule has 4 heteroatoms. The number of aliphatic hydroxyl groups is 1. The first-order valence-corrected chi connectivity index (χ1v) is 11.9. The predicted molar refractivity (Wildman–Crippen MR) is 146 cm³/mol. The van der Waals surface area contributed by atoms with Crippen molar-refractivity contribution in [2.45, 2.75) is 0 Å². The van der Waals surface area contributed by atoms with Gasteiger partial charge >= 0.3 is 5.70 Å². The maximum Gasteiger partial charge on any atom is 0.332 e. The van der Waals surface area contributed by atoms with Gasteiger partial charge in [0.1, 0.15) is 0 Å². The van der Waals surface area contributed by atoms with Crippen LogP contribution in [-0.4, -0.2) is 5.11 Å². The van der Waals surface area contributed by atoms with E-state index in [1.165, 1.54) is 0 Å². The highest BCUT2D eigenvalue weighted by atomic mass is 35.5.